The summed E-state index contributed by atoms with van der Waals surface area (Å²) in [6.07, 6.45) is 3.20. The zero-order valence-electron chi connectivity index (χ0n) is 16.2. The van der Waals surface area contributed by atoms with E-state index in [2.05, 4.69) is 6.07 Å². The van der Waals surface area contributed by atoms with Gasteiger partial charge in [0.2, 0.25) is 5.88 Å². The third-order valence-electron chi connectivity index (χ3n) is 5.12. The fourth-order valence-corrected chi connectivity index (χ4v) is 5.11. The molecule has 1 aliphatic carbocycles. The predicted octanol–water partition coefficient (Wildman–Crippen LogP) is 4.45. The number of aryl methyl sites for hydroxylation is 1. The normalized spacial score (nSPS) is 21.2. The van der Waals surface area contributed by atoms with Crippen LogP contribution in [0.25, 0.3) is 0 Å². The molecule has 0 fully saturated rings. The molecular weight excluding hydrogens is 378 g/mol. The Morgan fingerprint density at radius 1 is 1.46 bits per heavy atom. The molecule has 8 heteroatoms. The van der Waals surface area contributed by atoms with E-state index in [1.54, 1.807) is 0 Å². The summed E-state index contributed by atoms with van der Waals surface area (Å²) in [5.41, 5.74) is 6.34. The Kier molecular flexibility index (Phi) is 5.31. The molecule has 3 rings (SSSR count). The number of ketones is 1. The molecule has 0 saturated heterocycles. The van der Waals surface area contributed by atoms with E-state index >= 15 is 0 Å². The number of rotatable bonds is 5. The molecule has 0 amide bonds. The van der Waals surface area contributed by atoms with Gasteiger partial charge in [0.05, 0.1) is 15.7 Å². The minimum atomic E-state index is -0.698. The standard InChI is InChI=1S/C20H23N3O4S/c1-4-5-6-15-12(23(25)26)7-16(28-15)17-11(10-21)19(22)27-14-9-20(2,3)8-13(24)18(14)17/h7,17H,4-6,8-9,22H2,1-3H3. The van der Waals surface area contributed by atoms with Crippen LogP contribution in [-0.2, 0) is 16.0 Å². The lowest BCUT2D eigenvalue weighted by atomic mass is 9.71. The second-order valence-corrected chi connectivity index (χ2v) is 9.19. The molecule has 0 spiro atoms. The lowest BCUT2D eigenvalue weighted by Gasteiger charge is -2.36. The number of Topliss-reactive ketones (excluding diaryl/α,β-unsaturated/α-hetero) is 1. The first-order chi connectivity index (χ1) is 13.2. The topological polar surface area (TPSA) is 119 Å². The number of allylic oxidation sites excluding steroid dienone is 3. The SMILES string of the molecule is CCCCc1sc(C2C(C#N)=C(N)OC3=C2C(=O)CC(C)(C)C3)cc1[N+](=O)[O-]. The molecule has 2 heterocycles. The van der Waals surface area contributed by atoms with Gasteiger partial charge in [0.1, 0.15) is 17.4 Å². The summed E-state index contributed by atoms with van der Waals surface area (Å²) < 4.78 is 5.67. The predicted molar refractivity (Wildman–Crippen MR) is 105 cm³/mol. The van der Waals surface area contributed by atoms with Crippen LogP contribution in [0.4, 0.5) is 5.69 Å². The van der Waals surface area contributed by atoms with Gasteiger partial charge in [0.15, 0.2) is 5.78 Å². The van der Waals surface area contributed by atoms with Gasteiger partial charge in [0.25, 0.3) is 5.69 Å². The van der Waals surface area contributed by atoms with Crippen LogP contribution >= 0.6 is 11.3 Å². The number of nitro groups is 1. The lowest BCUT2D eigenvalue weighted by molar-refractivity contribution is -0.385. The summed E-state index contributed by atoms with van der Waals surface area (Å²) in [5.74, 6) is -0.337. The van der Waals surface area contributed by atoms with Crippen LogP contribution in [0.2, 0.25) is 0 Å². The van der Waals surface area contributed by atoms with Crippen molar-refractivity contribution in [3.05, 3.63) is 48.7 Å². The summed E-state index contributed by atoms with van der Waals surface area (Å²) in [6, 6.07) is 3.55. The minimum absolute atomic E-state index is 0.0251. The third-order valence-corrected chi connectivity index (χ3v) is 6.37. The molecule has 0 radical (unpaired) electrons. The minimum Gasteiger partial charge on any atom is -0.444 e. The van der Waals surface area contributed by atoms with E-state index in [1.165, 1.54) is 17.4 Å². The Morgan fingerprint density at radius 3 is 2.79 bits per heavy atom. The van der Waals surface area contributed by atoms with Gasteiger partial charge in [-0.05, 0) is 18.3 Å². The first-order valence-corrected chi connectivity index (χ1v) is 10.1. The molecule has 2 aliphatic rings. The molecule has 2 N–H and O–H groups in total. The average molecular weight is 401 g/mol. The third kappa shape index (κ3) is 3.54. The Labute approximate surface area is 167 Å². The molecule has 0 saturated carbocycles. The highest BCUT2D eigenvalue weighted by Crippen LogP contribution is 2.50. The van der Waals surface area contributed by atoms with Crippen molar-refractivity contribution in [2.45, 2.75) is 58.8 Å². The zero-order chi connectivity index (χ0) is 20.6. The van der Waals surface area contributed by atoms with Crippen molar-refractivity contribution in [1.82, 2.24) is 0 Å². The summed E-state index contributed by atoms with van der Waals surface area (Å²) in [7, 11) is 0. The molecule has 1 aromatic rings. The number of ether oxygens (including phenoxy) is 1. The Balaban J connectivity index is 2.15. The van der Waals surface area contributed by atoms with E-state index in [4.69, 9.17) is 10.5 Å². The van der Waals surface area contributed by atoms with Gasteiger partial charge < -0.3 is 10.5 Å². The quantitative estimate of drug-likeness (QED) is 0.575. The van der Waals surface area contributed by atoms with Crippen molar-refractivity contribution < 1.29 is 14.5 Å². The molecule has 148 valence electrons. The number of carbonyl (C=O) groups excluding carboxylic acids is 1. The van der Waals surface area contributed by atoms with E-state index in [-0.39, 0.29) is 28.3 Å². The molecule has 1 aliphatic heterocycles. The highest BCUT2D eigenvalue weighted by Gasteiger charge is 2.44. The number of hydrogen-bond acceptors (Lipinski definition) is 7. The molecule has 28 heavy (non-hydrogen) atoms. The van der Waals surface area contributed by atoms with Gasteiger partial charge in [-0.1, -0.05) is 27.2 Å². The Morgan fingerprint density at radius 2 is 2.18 bits per heavy atom. The number of thiophene rings is 1. The van der Waals surface area contributed by atoms with Crippen molar-refractivity contribution in [1.29, 1.82) is 5.26 Å². The molecular formula is C20H23N3O4S. The fourth-order valence-electron chi connectivity index (χ4n) is 3.82. The van der Waals surface area contributed by atoms with Crippen molar-refractivity contribution >= 4 is 22.8 Å². The highest BCUT2D eigenvalue weighted by molar-refractivity contribution is 7.12. The van der Waals surface area contributed by atoms with Gasteiger partial charge in [-0.15, -0.1) is 11.3 Å². The van der Waals surface area contributed by atoms with E-state index in [0.717, 1.165) is 12.8 Å². The lowest BCUT2D eigenvalue weighted by Crippen LogP contribution is -2.33. The van der Waals surface area contributed by atoms with Crippen LogP contribution < -0.4 is 5.73 Å². The number of unbranched alkanes of at least 4 members (excludes halogenated alkanes) is 1. The maximum Gasteiger partial charge on any atom is 0.283 e. The summed E-state index contributed by atoms with van der Waals surface area (Å²) in [5, 5.41) is 21.2. The van der Waals surface area contributed by atoms with Crippen molar-refractivity contribution in [3.63, 3.8) is 0 Å². The van der Waals surface area contributed by atoms with E-state index in [9.17, 15) is 20.2 Å². The number of nitriles is 1. The van der Waals surface area contributed by atoms with Gasteiger partial charge >= 0.3 is 0 Å². The van der Waals surface area contributed by atoms with Gasteiger partial charge in [-0.2, -0.15) is 5.26 Å². The molecule has 0 bridgehead atoms. The summed E-state index contributed by atoms with van der Waals surface area (Å²) in [6.45, 7) is 5.98. The second-order valence-electron chi connectivity index (χ2n) is 8.02. The number of hydrogen-bond donors (Lipinski definition) is 1. The van der Waals surface area contributed by atoms with Gasteiger partial charge in [-0.3, -0.25) is 14.9 Å². The maximum absolute atomic E-state index is 13.0. The smallest absolute Gasteiger partial charge is 0.283 e. The zero-order valence-corrected chi connectivity index (χ0v) is 17.0. The highest BCUT2D eigenvalue weighted by atomic mass is 32.1. The van der Waals surface area contributed by atoms with Crippen LogP contribution in [0.5, 0.6) is 0 Å². The monoisotopic (exact) mass is 401 g/mol. The van der Waals surface area contributed by atoms with Crippen LogP contribution in [0.15, 0.2) is 28.9 Å². The van der Waals surface area contributed by atoms with Crippen molar-refractivity contribution in [2.75, 3.05) is 0 Å². The van der Waals surface area contributed by atoms with E-state index in [1.807, 2.05) is 20.8 Å². The molecule has 0 aromatic carbocycles. The molecule has 1 atom stereocenters. The number of carbonyl (C=O) groups is 1. The first kappa shape index (κ1) is 20.1. The van der Waals surface area contributed by atoms with Crippen LogP contribution in [-0.4, -0.2) is 10.7 Å². The van der Waals surface area contributed by atoms with Crippen LogP contribution in [0.1, 0.15) is 62.1 Å². The van der Waals surface area contributed by atoms with E-state index in [0.29, 0.717) is 40.3 Å². The van der Waals surface area contributed by atoms with Crippen LogP contribution in [0.3, 0.4) is 0 Å². The second kappa shape index (κ2) is 7.40. The van der Waals surface area contributed by atoms with Gasteiger partial charge in [0, 0.05) is 29.4 Å². The number of nitrogens with zero attached hydrogens (tertiary/aromatic N) is 2. The van der Waals surface area contributed by atoms with Crippen LogP contribution in [0, 0.1) is 26.9 Å². The number of nitrogens with two attached hydrogens (primary N) is 1. The Hall–Kier alpha value is -2.66. The van der Waals surface area contributed by atoms with Gasteiger partial charge in [-0.25, -0.2) is 0 Å². The molecule has 1 unspecified atom stereocenters. The Bertz CT molecular complexity index is 949. The molecule has 1 aromatic heterocycles. The van der Waals surface area contributed by atoms with Crippen molar-refractivity contribution in [3.8, 4) is 6.07 Å². The van der Waals surface area contributed by atoms with Crippen molar-refractivity contribution in [2.24, 2.45) is 11.1 Å². The first-order valence-electron chi connectivity index (χ1n) is 9.29. The maximum atomic E-state index is 13.0. The molecule has 7 nitrogen and oxygen atoms in total. The summed E-state index contributed by atoms with van der Waals surface area (Å²) >= 11 is 1.29. The van der Waals surface area contributed by atoms with E-state index < -0.39 is 10.8 Å². The summed E-state index contributed by atoms with van der Waals surface area (Å²) in [4.78, 5) is 25.4. The average Bonchev–Trinajstić information content (AvgIpc) is 3.01. The fraction of sp³-hybridized carbons (Fsp3) is 0.500. The largest absolute Gasteiger partial charge is 0.444 e.